The van der Waals surface area contributed by atoms with Gasteiger partial charge in [-0.3, -0.25) is 14.7 Å². The molecule has 1 heterocycles. The number of benzene rings is 2. The first-order chi connectivity index (χ1) is 12.5. The molecule has 5 nitrogen and oxygen atoms in total. The van der Waals surface area contributed by atoms with Crippen LogP contribution in [-0.4, -0.2) is 36.9 Å². The van der Waals surface area contributed by atoms with Gasteiger partial charge in [0.05, 0.1) is 11.4 Å². The topological polar surface area (TPSA) is 66.8 Å². The van der Waals surface area contributed by atoms with E-state index in [1.54, 1.807) is 17.0 Å². The summed E-state index contributed by atoms with van der Waals surface area (Å²) in [5.74, 6) is 0.710. The third-order valence-electron chi connectivity index (χ3n) is 4.87. The first-order valence-corrected chi connectivity index (χ1v) is 10.7. The largest absolute Gasteiger partial charge is 0.294 e. The third kappa shape index (κ3) is 3.67. The first kappa shape index (κ1) is 19.3. The molecule has 6 heteroatoms. The minimum atomic E-state index is -3.32. The summed E-state index contributed by atoms with van der Waals surface area (Å²) in [5, 5.41) is 0. The summed E-state index contributed by atoms with van der Waals surface area (Å²) in [5.41, 5.74) is 2.82. The van der Waals surface area contributed by atoms with Crippen LogP contribution < -0.4 is 0 Å². The van der Waals surface area contributed by atoms with Crippen LogP contribution in [0.15, 0.2) is 52.4 Å². The molecular formula is C21H24N2O3S. The van der Waals surface area contributed by atoms with E-state index in [9.17, 15) is 13.2 Å². The molecule has 0 saturated carbocycles. The molecule has 0 fully saturated rings. The Kier molecular flexibility index (Phi) is 4.72. The van der Waals surface area contributed by atoms with Gasteiger partial charge in [-0.2, -0.15) is 0 Å². The second-order valence-corrected chi connectivity index (χ2v) is 9.50. The van der Waals surface area contributed by atoms with E-state index in [2.05, 4.69) is 4.99 Å². The van der Waals surface area contributed by atoms with Crippen LogP contribution in [0, 0.1) is 6.92 Å². The van der Waals surface area contributed by atoms with Crippen LogP contribution >= 0.6 is 0 Å². The van der Waals surface area contributed by atoms with Gasteiger partial charge < -0.3 is 0 Å². The van der Waals surface area contributed by atoms with Crippen molar-refractivity contribution in [2.75, 3.05) is 6.26 Å². The highest BCUT2D eigenvalue weighted by molar-refractivity contribution is 7.90. The summed E-state index contributed by atoms with van der Waals surface area (Å²) in [6.07, 6.45) is 1.22. The lowest BCUT2D eigenvalue weighted by molar-refractivity contribution is -0.130. The van der Waals surface area contributed by atoms with E-state index < -0.39 is 15.4 Å². The van der Waals surface area contributed by atoms with E-state index in [0.717, 1.165) is 22.5 Å². The molecule has 2 aromatic rings. The standard InChI is InChI=1S/C21H24N2O3S/c1-14-12-16(18-8-6-7-9-19(18)27(5,25)26)10-11-17(14)13-23-15(2)22-21(3,4)20(23)24/h6-12H,13H2,1-5H3. The molecule has 0 aromatic heterocycles. The summed E-state index contributed by atoms with van der Waals surface area (Å²) in [7, 11) is -3.32. The fraction of sp³-hybridized carbons (Fsp3) is 0.333. The van der Waals surface area contributed by atoms with Crippen LogP contribution in [0.2, 0.25) is 0 Å². The highest BCUT2D eigenvalue weighted by atomic mass is 32.2. The number of nitrogens with zero attached hydrogens (tertiary/aromatic N) is 2. The number of aryl methyl sites for hydroxylation is 1. The molecule has 2 aromatic carbocycles. The smallest absolute Gasteiger partial charge is 0.255 e. The van der Waals surface area contributed by atoms with Crippen molar-refractivity contribution in [3.05, 3.63) is 53.6 Å². The highest BCUT2D eigenvalue weighted by Crippen LogP contribution is 2.30. The maximum atomic E-state index is 12.5. The average Bonchev–Trinajstić information content (AvgIpc) is 2.77. The molecule has 0 radical (unpaired) electrons. The molecule has 0 bridgehead atoms. The van der Waals surface area contributed by atoms with E-state index in [4.69, 9.17) is 0 Å². The van der Waals surface area contributed by atoms with E-state index in [0.29, 0.717) is 17.0 Å². The van der Waals surface area contributed by atoms with Crippen LogP contribution in [-0.2, 0) is 21.2 Å². The molecule has 0 saturated heterocycles. The van der Waals surface area contributed by atoms with Crippen molar-refractivity contribution in [1.82, 2.24) is 4.90 Å². The van der Waals surface area contributed by atoms with E-state index in [1.165, 1.54) is 6.26 Å². The summed E-state index contributed by atoms with van der Waals surface area (Å²) in [6.45, 7) is 7.91. The van der Waals surface area contributed by atoms with Gasteiger partial charge in [0.1, 0.15) is 11.4 Å². The van der Waals surface area contributed by atoms with E-state index in [1.807, 2.05) is 58.0 Å². The van der Waals surface area contributed by atoms with Crippen molar-refractivity contribution >= 4 is 21.6 Å². The third-order valence-corrected chi connectivity index (χ3v) is 6.02. The van der Waals surface area contributed by atoms with Crippen molar-refractivity contribution in [3.63, 3.8) is 0 Å². The van der Waals surface area contributed by atoms with Gasteiger partial charge in [0.25, 0.3) is 5.91 Å². The lowest BCUT2D eigenvalue weighted by atomic mass is 9.99. The molecule has 0 aliphatic carbocycles. The van der Waals surface area contributed by atoms with Crippen molar-refractivity contribution in [3.8, 4) is 11.1 Å². The van der Waals surface area contributed by atoms with Crippen LogP contribution in [0.1, 0.15) is 31.9 Å². The maximum absolute atomic E-state index is 12.5. The minimum Gasteiger partial charge on any atom is -0.294 e. The Balaban J connectivity index is 1.95. The van der Waals surface area contributed by atoms with E-state index >= 15 is 0 Å². The van der Waals surface area contributed by atoms with Gasteiger partial charge in [-0.05, 0) is 50.5 Å². The van der Waals surface area contributed by atoms with Gasteiger partial charge in [0.15, 0.2) is 9.84 Å². The Morgan fingerprint density at radius 1 is 1.07 bits per heavy atom. The fourth-order valence-electron chi connectivity index (χ4n) is 3.42. The van der Waals surface area contributed by atoms with Crippen molar-refractivity contribution in [1.29, 1.82) is 0 Å². The van der Waals surface area contributed by atoms with Crippen LogP contribution in [0.5, 0.6) is 0 Å². The molecule has 1 amide bonds. The quantitative estimate of drug-likeness (QED) is 0.809. The Morgan fingerprint density at radius 2 is 1.74 bits per heavy atom. The monoisotopic (exact) mass is 384 g/mol. The van der Waals surface area contributed by atoms with Gasteiger partial charge >= 0.3 is 0 Å². The predicted molar refractivity (Wildman–Crippen MR) is 107 cm³/mol. The molecule has 3 rings (SSSR count). The van der Waals surface area contributed by atoms with Crippen molar-refractivity contribution < 1.29 is 13.2 Å². The van der Waals surface area contributed by atoms with Gasteiger partial charge in [-0.1, -0.05) is 36.4 Å². The minimum absolute atomic E-state index is 0.00843. The highest BCUT2D eigenvalue weighted by Gasteiger charge is 2.39. The lowest BCUT2D eigenvalue weighted by Gasteiger charge is -2.21. The molecule has 0 spiro atoms. The molecule has 0 unspecified atom stereocenters. The Labute approximate surface area is 160 Å². The molecule has 27 heavy (non-hydrogen) atoms. The number of amides is 1. The van der Waals surface area contributed by atoms with Crippen LogP contribution in [0.25, 0.3) is 11.1 Å². The van der Waals surface area contributed by atoms with Crippen LogP contribution in [0.4, 0.5) is 0 Å². The van der Waals surface area contributed by atoms with Gasteiger partial charge in [0, 0.05) is 11.8 Å². The second-order valence-electron chi connectivity index (χ2n) is 7.52. The number of carbonyl (C=O) groups excluding carboxylic acids is 1. The fourth-order valence-corrected chi connectivity index (χ4v) is 4.33. The van der Waals surface area contributed by atoms with Gasteiger partial charge in [-0.15, -0.1) is 0 Å². The van der Waals surface area contributed by atoms with Crippen LogP contribution in [0.3, 0.4) is 0 Å². The summed E-state index contributed by atoms with van der Waals surface area (Å²) in [4.78, 5) is 19.0. The number of amidine groups is 1. The number of hydrogen-bond acceptors (Lipinski definition) is 4. The molecule has 1 aliphatic heterocycles. The summed E-state index contributed by atoms with van der Waals surface area (Å²) < 4.78 is 24.2. The van der Waals surface area contributed by atoms with Crippen molar-refractivity contribution in [2.45, 2.75) is 44.7 Å². The molecule has 0 atom stereocenters. The molecule has 0 N–H and O–H groups in total. The number of aliphatic imine (C=N–C) groups is 1. The normalized spacial score (nSPS) is 16.6. The number of rotatable bonds is 4. The SMILES string of the molecule is CC1=NC(C)(C)C(=O)N1Cc1ccc(-c2ccccc2S(C)(=O)=O)cc1C. The zero-order valence-corrected chi connectivity index (χ0v) is 17.1. The number of sulfone groups is 1. The van der Waals surface area contributed by atoms with Gasteiger partial charge in [0.2, 0.25) is 0 Å². The van der Waals surface area contributed by atoms with E-state index in [-0.39, 0.29) is 5.91 Å². The zero-order valence-electron chi connectivity index (χ0n) is 16.3. The number of carbonyl (C=O) groups is 1. The van der Waals surface area contributed by atoms with Crippen molar-refractivity contribution in [2.24, 2.45) is 4.99 Å². The number of hydrogen-bond donors (Lipinski definition) is 0. The lowest BCUT2D eigenvalue weighted by Crippen LogP contribution is -2.38. The predicted octanol–water partition coefficient (Wildman–Crippen LogP) is 3.60. The second kappa shape index (κ2) is 6.60. The maximum Gasteiger partial charge on any atom is 0.255 e. The Hall–Kier alpha value is -2.47. The first-order valence-electron chi connectivity index (χ1n) is 8.78. The molecular weight excluding hydrogens is 360 g/mol. The molecule has 1 aliphatic rings. The van der Waals surface area contributed by atoms with Gasteiger partial charge in [-0.25, -0.2) is 8.42 Å². The summed E-state index contributed by atoms with van der Waals surface area (Å²) in [6, 6.07) is 12.8. The average molecular weight is 385 g/mol. The summed E-state index contributed by atoms with van der Waals surface area (Å²) >= 11 is 0. The Bertz CT molecular complexity index is 1050. The Morgan fingerprint density at radius 3 is 2.30 bits per heavy atom. The zero-order chi connectivity index (χ0) is 20.0. The molecule has 142 valence electrons.